The van der Waals surface area contributed by atoms with Gasteiger partial charge in [0, 0.05) is 51.8 Å². The molecule has 2 aromatic heterocycles. The van der Waals surface area contributed by atoms with E-state index in [9.17, 15) is 28.6 Å². The van der Waals surface area contributed by atoms with Gasteiger partial charge in [0.1, 0.15) is 29.9 Å². The number of allylic oxidation sites excluding steroid dienone is 1. The van der Waals surface area contributed by atoms with Crippen LogP contribution in [0.25, 0.3) is 11.2 Å². The number of fused-ring (bicyclic) bond motifs is 1. The molecule has 3 heterocycles. The number of anilines is 1. The lowest BCUT2D eigenvalue weighted by Gasteiger charge is -2.25. The van der Waals surface area contributed by atoms with Crippen molar-refractivity contribution in [2.24, 2.45) is 10.7 Å². The van der Waals surface area contributed by atoms with E-state index in [2.05, 4.69) is 35.6 Å². The first-order chi connectivity index (χ1) is 28.7. The number of phosphoric acid groups is 2. The molecule has 0 bridgehead atoms. The van der Waals surface area contributed by atoms with E-state index in [0.29, 0.717) is 48.3 Å². The maximum atomic E-state index is 11.9. The molecule has 26 heteroatoms. The number of amides is 2. The van der Waals surface area contributed by atoms with Gasteiger partial charge in [0.05, 0.1) is 31.7 Å². The van der Waals surface area contributed by atoms with Gasteiger partial charge in [-0.05, 0) is 49.5 Å². The highest BCUT2D eigenvalue weighted by Crippen LogP contribution is 2.38. The summed E-state index contributed by atoms with van der Waals surface area (Å²) in [6.07, 6.45) is 9.46. The number of hydrogen-bond donors (Lipinski definition) is 7. The predicted octanol–water partition coefficient (Wildman–Crippen LogP) is 2.42. The lowest BCUT2D eigenvalue weighted by molar-refractivity contribution is -0.149. The summed E-state index contributed by atoms with van der Waals surface area (Å²) in [5, 5.41) is 9.89. The standard InChI is InChI=1S/C15H18ClNO3.C10H14N5O5P.C10H20N3O6P/c1-3-4-5-14(18)17(2)13(15(19)20)10-11-6-8-12(16)9-7-11;11-9-8-10(13-4-12-9)15(5-14-8)7-2-1-6(20-7)3-19-21(16,17)18;1-12-10(11)4-6-13(8-14)5-3-9(18-2)7-19-20(15,16)17/h3,6-9,13H,1,4-5,10H2,2H3,(H,19,20);4-7H,1-3H2,(H2,11,12,13)(H2,16,17,18);4,6,8-9H,3,5,7H2,1-2H3,(H2,11,12)(H2,15,16,17)/b;;6-4-. The van der Waals surface area contributed by atoms with Crippen molar-refractivity contribution in [3.63, 3.8) is 0 Å². The summed E-state index contributed by atoms with van der Waals surface area (Å²) in [5.74, 6) is -0.663. The number of nitrogens with two attached hydrogens (primary N) is 2. The molecule has 1 fully saturated rings. The number of hydrogen-bond acceptors (Lipinski definition) is 14. The van der Waals surface area contributed by atoms with Gasteiger partial charge in [-0.1, -0.05) is 29.8 Å². The van der Waals surface area contributed by atoms with Crippen molar-refractivity contribution in [2.75, 3.05) is 46.7 Å². The molecule has 0 aliphatic carbocycles. The van der Waals surface area contributed by atoms with Gasteiger partial charge in [0.15, 0.2) is 11.5 Å². The van der Waals surface area contributed by atoms with Gasteiger partial charge in [-0.2, -0.15) is 0 Å². The molecule has 4 rings (SSSR count). The second-order valence-electron chi connectivity index (χ2n) is 12.9. The number of methoxy groups -OCH3 is 1. The molecular weight excluding hydrogens is 868 g/mol. The third-order valence-electron chi connectivity index (χ3n) is 8.56. The number of nitrogen functional groups attached to an aromatic ring is 1. The van der Waals surface area contributed by atoms with E-state index in [0.717, 1.165) is 5.56 Å². The highest BCUT2D eigenvalue weighted by atomic mass is 35.5. The topological polar surface area (TPSA) is 338 Å². The van der Waals surface area contributed by atoms with Crippen molar-refractivity contribution in [3.8, 4) is 0 Å². The Labute approximate surface area is 356 Å². The molecule has 4 atom stereocenters. The summed E-state index contributed by atoms with van der Waals surface area (Å²) < 4.78 is 42.5. The second-order valence-corrected chi connectivity index (χ2v) is 15.8. The molecule has 1 aliphatic rings. The number of benzene rings is 1. The van der Waals surface area contributed by atoms with Gasteiger partial charge in [0.25, 0.3) is 0 Å². The van der Waals surface area contributed by atoms with Gasteiger partial charge in [-0.3, -0.25) is 28.2 Å². The minimum atomic E-state index is -4.53. The van der Waals surface area contributed by atoms with E-state index >= 15 is 0 Å². The number of nitrogens with zero attached hydrogens (tertiary/aromatic N) is 7. The summed E-state index contributed by atoms with van der Waals surface area (Å²) in [6.45, 7) is 3.40. The average molecular weight is 920 g/mol. The number of carboxylic acids is 1. The number of carbonyl (C=O) groups is 3. The van der Waals surface area contributed by atoms with E-state index in [1.165, 1.54) is 49.6 Å². The zero-order valence-electron chi connectivity index (χ0n) is 33.6. The van der Waals surface area contributed by atoms with E-state index in [1.54, 1.807) is 41.2 Å². The molecule has 1 saturated heterocycles. The Balaban J connectivity index is 0.000000315. The molecule has 0 radical (unpaired) electrons. The normalized spacial score (nSPS) is 16.5. The van der Waals surface area contributed by atoms with Crippen molar-refractivity contribution in [3.05, 3.63) is 72.4 Å². The minimum Gasteiger partial charge on any atom is -0.480 e. The molecule has 3 aromatic rings. The summed E-state index contributed by atoms with van der Waals surface area (Å²) >= 11 is 5.79. The number of carbonyl (C=O) groups excluding carboxylic acids is 2. The number of halogens is 1. The van der Waals surface area contributed by atoms with Crippen LogP contribution in [0.5, 0.6) is 0 Å². The van der Waals surface area contributed by atoms with Crippen LogP contribution in [-0.2, 0) is 48.5 Å². The first-order valence-corrected chi connectivity index (χ1v) is 21.6. The molecule has 0 saturated carbocycles. The molecule has 61 heavy (non-hydrogen) atoms. The molecule has 0 spiro atoms. The minimum absolute atomic E-state index is 0.162. The smallest absolute Gasteiger partial charge is 0.469 e. The molecule has 338 valence electrons. The molecular formula is C35H52ClN9O14P2. The van der Waals surface area contributed by atoms with Crippen molar-refractivity contribution >= 4 is 68.4 Å². The SMILES string of the molecule is C=CCCC(=O)N(C)C(Cc1ccc(Cl)cc1)C(=O)O.CN=C(N)/C=C\N(C=O)CCC(COP(=O)(O)O)OC.Nc1ncnc2c1ncn2C1CCC(COP(=O)(O)O)O1. The van der Waals surface area contributed by atoms with Crippen molar-refractivity contribution in [1.29, 1.82) is 0 Å². The van der Waals surface area contributed by atoms with E-state index in [-0.39, 0.29) is 62.5 Å². The van der Waals surface area contributed by atoms with Crippen molar-refractivity contribution < 1.29 is 66.7 Å². The zero-order chi connectivity index (χ0) is 45.8. The van der Waals surface area contributed by atoms with E-state index in [4.69, 9.17) is 52.1 Å². The van der Waals surface area contributed by atoms with Gasteiger partial charge < -0.3 is 55.4 Å². The van der Waals surface area contributed by atoms with Crippen LogP contribution in [0, 0.1) is 0 Å². The number of amidine groups is 1. The monoisotopic (exact) mass is 919 g/mol. The largest absolute Gasteiger partial charge is 0.480 e. The first kappa shape index (κ1) is 52.5. The fourth-order valence-electron chi connectivity index (χ4n) is 5.24. The quantitative estimate of drug-likeness (QED) is 0.0265. The highest BCUT2D eigenvalue weighted by molar-refractivity contribution is 7.46. The lowest BCUT2D eigenvalue weighted by atomic mass is 10.0. The van der Waals surface area contributed by atoms with Crippen LogP contribution in [0.2, 0.25) is 5.02 Å². The van der Waals surface area contributed by atoms with Crippen LogP contribution < -0.4 is 11.5 Å². The number of imidazole rings is 1. The Morgan fingerprint density at radius 1 is 1.13 bits per heavy atom. The summed E-state index contributed by atoms with van der Waals surface area (Å²) in [6, 6.07) is 6.05. The lowest BCUT2D eigenvalue weighted by Crippen LogP contribution is -2.43. The Bertz CT molecular complexity index is 2030. The van der Waals surface area contributed by atoms with Gasteiger partial charge >= 0.3 is 21.6 Å². The number of carboxylic acid groups (broad SMARTS) is 1. The number of aliphatic imine (C=N–C) groups is 1. The van der Waals surface area contributed by atoms with Crippen LogP contribution in [0.15, 0.2) is 66.8 Å². The van der Waals surface area contributed by atoms with E-state index in [1.807, 2.05) is 0 Å². The number of rotatable bonds is 21. The third-order valence-corrected chi connectivity index (χ3v) is 9.79. The Kier molecular flexibility index (Phi) is 22.4. The molecule has 9 N–H and O–H groups in total. The Morgan fingerprint density at radius 2 is 1.80 bits per heavy atom. The molecule has 1 aliphatic heterocycles. The summed E-state index contributed by atoms with van der Waals surface area (Å²) in [4.78, 5) is 87.0. The van der Waals surface area contributed by atoms with Gasteiger partial charge in [-0.15, -0.1) is 6.58 Å². The van der Waals surface area contributed by atoms with Gasteiger partial charge in [0.2, 0.25) is 12.3 Å². The van der Waals surface area contributed by atoms with Crippen LogP contribution >= 0.6 is 27.2 Å². The van der Waals surface area contributed by atoms with Crippen LogP contribution in [0.4, 0.5) is 5.82 Å². The number of likely N-dealkylation sites (N-methyl/N-ethyl adjacent to an activating group) is 1. The highest BCUT2D eigenvalue weighted by Gasteiger charge is 2.30. The maximum absolute atomic E-state index is 11.9. The number of aliphatic carboxylic acids is 1. The van der Waals surface area contributed by atoms with E-state index < -0.39 is 33.8 Å². The fraction of sp³-hybridized carbons (Fsp3) is 0.457. The Hall–Kier alpha value is -4.64. The predicted molar refractivity (Wildman–Crippen MR) is 223 cm³/mol. The fourth-order valence-corrected chi connectivity index (χ4v) is 6.08. The molecule has 2 amide bonds. The number of aromatic nitrogens is 4. The Morgan fingerprint density at radius 3 is 2.38 bits per heavy atom. The number of ether oxygens (including phenoxy) is 2. The molecule has 1 aromatic carbocycles. The summed E-state index contributed by atoms with van der Waals surface area (Å²) in [7, 11) is -4.59. The zero-order valence-corrected chi connectivity index (χ0v) is 36.2. The van der Waals surface area contributed by atoms with Crippen LogP contribution in [0.1, 0.15) is 43.9 Å². The molecule has 4 unspecified atom stereocenters. The second kappa shape index (κ2) is 26.0. The van der Waals surface area contributed by atoms with Crippen molar-refractivity contribution in [1.82, 2.24) is 29.3 Å². The third kappa shape index (κ3) is 19.7. The molecule has 23 nitrogen and oxygen atoms in total. The first-order valence-electron chi connectivity index (χ1n) is 18.2. The number of phosphoric ester groups is 2. The van der Waals surface area contributed by atoms with Crippen molar-refractivity contribution in [2.45, 2.75) is 63.0 Å². The summed E-state index contributed by atoms with van der Waals surface area (Å²) in [5.41, 5.74) is 13.0. The average Bonchev–Trinajstić information content (AvgIpc) is 3.87. The maximum Gasteiger partial charge on any atom is 0.469 e. The van der Waals surface area contributed by atoms with Crippen LogP contribution in [0.3, 0.4) is 0 Å². The van der Waals surface area contributed by atoms with Crippen LogP contribution in [-0.4, -0.2) is 137 Å². The van der Waals surface area contributed by atoms with Gasteiger partial charge in [-0.25, -0.2) is 28.9 Å².